The van der Waals surface area contributed by atoms with Gasteiger partial charge in [0.15, 0.2) is 0 Å². The van der Waals surface area contributed by atoms with E-state index in [4.69, 9.17) is 10.00 Å². The lowest BCUT2D eigenvalue weighted by atomic mass is 10.1. The largest absolute Gasteiger partial charge is 0.383 e. The third kappa shape index (κ3) is 3.87. The zero-order valence-corrected chi connectivity index (χ0v) is 9.73. The number of pyridine rings is 1. The minimum absolute atomic E-state index is 0.281. The van der Waals surface area contributed by atoms with Crippen LogP contribution in [0.4, 0.5) is 5.69 Å². The molecule has 0 spiro atoms. The van der Waals surface area contributed by atoms with Crippen molar-refractivity contribution in [2.45, 2.75) is 25.8 Å². The summed E-state index contributed by atoms with van der Waals surface area (Å²) in [7, 11) is 1.69. The van der Waals surface area contributed by atoms with Gasteiger partial charge in [-0.05, 0) is 18.6 Å². The van der Waals surface area contributed by atoms with E-state index < -0.39 is 0 Å². The minimum Gasteiger partial charge on any atom is -0.383 e. The molecule has 0 saturated heterocycles. The van der Waals surface area contributed by atoms with Gasteiger partial charge in [-0.25, -0.2) is 4.98 Å². The third-order valence-electron chi connectivity index (χ3n) is 2.25. The highest BCUT2D eigenvalue weighted by Crippen LogP contribution is 2.11. The fourth-order valence-corrected chi connectivity index (χ4v) is 1.56. The second kappa shape index (κ2) is 6.81. The predicted molar refractivity (Wildman–Crippen MR) is 63.1 cm³/mol. The first-order chi connectivity index (χ1) is 7.80. The van der Waals surface area contributed by atoms with Crippen LogP contribution in [0.3, 0.4) is 0 Å². The van der Waals surface area contributed by atoms with Crippen LogP contribution in [0, 0.1) is 11.3 Å². The number of nitrogens with one attached hydrogen (secondary N) is 1. The summed E-state index contributed by atoms with van der Waals surface area (Å²) in [6.07, 6.45) is 3.77. The second-order valence-corrected chi connectivity index (χ2v) is 3.63. The molecule has 1 rings (SSSR count). The fourth-order valence-electron chi connectivity index (χ4n) is 1.56. The van der Waals surface area contributed by atoms with Gasteiger partial charge in [0, 0.05) is 25.0 Å². The Kier molecular flexibility index (Phi) is 5.30. The van der Waals surface area contributed by atoms with Crippen molar-refractivity contribution in [3.05, 3.63) is 24.0 Å². The highest BCUT2D eigenvalue weighted by molar-refractivity contribution is 5.46. The van der Waals surface area contributed by atoms with Crippen LogP contribution < -0.4 is 5.32 Å². The molecule has 1 aromatic rings. The summed E-state index contributed by atoms with van der Waals surface area (Å²) in [6, 6.07) is 5.91. The highest BCUT2D eigenvalue weighted by atomic mass is 16.5. The van der Waals surface area contributed by atoms with E-state index in [0.717, 1.165) is 18.5 Å². The number of ether oxygens (including phenoxy) is 1. The van der Waals surface area contributed by atoms with Crippen LogP contribution >= 0.6 is 0 Å². The molecule has 0 aliphatic carbocycles. The number of rotatable bonds is 6. The molecule has 0 aliphatic heterocycles. The van der Waals surface area contributed by atoms with Gasteiger partial charge >= 0.3 is 0 Å². The van der Waals surface area contributed by atoms with Crippen LogP contribution in [-0.2, 0) is 4.74 Å². The molecule has 1 aromatic heterocycles. The maximum Gasteiger partial charge on any atom is 0.142 e. The van der Waals surface area contributed by atoms with Gasteiger partial charge in [0.05, 0.1) is 6.61 Å². The van der Waals surface area contributed by atoms with E-state index in [2.05, 4.69) is 17.2 Å². The van der Waals surface area contributed by atoms with E-state index in [-0.39, 0.29) is 6.04 Å². The number of nitriles is 1. The average Bonchev–Trinajstić information content (AvgIpc) is 2.30. The molecule has 0 radical (unpaired) electrons. The number of nitrogens with zero attached hydrogens (tertiary/aromatic N) is 2. The van der Waals surface area contributed by atoms with Crippen molar-refractivity contribution in [1.82, 2.24) is 4.98 Å². The van der Waals surface area contributed by atoms with Crippen LogP contribution in [-0.4, -0.2) is 24.7 Å². The second-order valence-electron chi connectivity index (χ2n) is 3.63. The zero-order valence-electron chi connectivity index (χ0n) is 9.73. The summed E-state index contributed by atoms with van der Waals surface area (Å²) in [5, 5.41) is 12.1. The summed E-state index contributed by atoms with van der Waals surface area (Å²) in [5.41, 5.74) is 1.35. The molecule has 1 N–H and O–H groups in total. The Morgan fingerprint density at radius 3 is 3.06 bits per heavy atom. The van der Waals surface area contributed by atoms with E-state index >= 15 is 0 Å². The van der Waals surface area contributed by atoms with Gasteiger partial charge in [-0.2, -0.15) is 5.26 Å². The summed E-state index contributed by atoms with van der Waals surface area (Å²) in [4.78, 5) is 3.92. The van der Waals surface area contributed by atoms with Crippen LogP contribution in [0.1, 0.15) is 25.5 Å². The molecule has 0 amide bonds. The molecule has 0 bridgehead atoms. The van der Waals surface area contributed by atoms with Crippen LogP contribution in [0.15, 0.2) is 18.3 Å². The van der Waals surface area contributed by atoms with E-state index in [0.29, 0.717) is 12.3 Å². The van der Waals surface area contributed by atoms with Gasteiger partial charge in [-0.1, -0.05) is 13.3 Å². The van der Waals surface area contributed by atoms with E-state index in [9.17, 15) is 0 Å². The topological polar surface area (TPSA) is 57.9 Å². The lowest BCUT2D eigenvalue weighted by Gasteiger charge is -2.18. The van der Waals surface area contributed by atoms with E-state index in [1.54, 1.807) is 19.4 Å². The van der Waals surface area contributed by atoms with Crippen LogP contribution in [0.2, 0.25) is 0 Å². The van der Waals surface area contributed by atoms with Crippen molar-refractivity contribution in [2.75, 3.05) is 19.0 Å². The molecule has 1 heterocycles. The Balaban J connectivity index is 2.65. The summed E-state index contributed by atoms with van der Waals surface area (Å²) >= 11 is 0. The molecule has 0 aromatic carbocycles. The van der Waals surface area contributed by atoms with Crippen LogP contribution in [0.5, 0.6) is 0 Å². The summed E-state index contributed by atoms with van der Waals surface area (Å²) in [5.74, 6) is 0. The Morgan fingerprint density at radius 2 is 2.44 bits per heavy atom. The first-order valence-electron chi connectivity index (χ1n) is 5.41. The molecule has 0 saturated carbocycles. The molecular weight excluding hydrogens is 202 g/mol. The number of methoxy groups -OCH3 is 1. The van der Waals surface area contributed by atoms with Gasteiger partial charge in [0.25, 0.3) is 0 Å². The lowest BCUT2D eigenvalue weighted by molar-refractivity contribution is 0.182. The Bertz CT molecular complexity index is 354. The van der Waals surface area contributed by atoms with Crippen molar-refractivity contribution >= 4 is 5.69 Å². The number of hydrogen-bond acceptors (Lipinski definition) is 4. The van der Waals surface area contributed by atoms with E-state index in [1.807, 2.05) is 12.1 Å². The maximum absolute atomic E-state index is 8.74. The first-order valence-corrected chi connectivity index (χ1v) is 5.41. The van der Waals surface area contributed by atoms with Crippen LogP contribution in [0.25, 0.3) is 0 Å². The Morgan fingerprint density at radius 1 is 1.62 bits per heavy atom. The summed E-state index contributed by atoms with van der Waals surface area (Å²) in [6.45, 7) is 2.80. The van der Waals surface area contributed by atoms with E-state index in [1.165, 1.54) is 0 Å². The van der Waals surface area contributed by atoms with Gasteiger partial charge in [0.2, 0.25) is 0 Å². The molecule has 4 nitrogen and oxygen atoms in total. The van der Waals surface area contributed by atoms with Gasteiger partial charge in [-0.15, -0.1) is 0 Å². The van der Waals surface area contributed by atoms with Crippen molar-refractivity contribution in [3.8, 4) is 6.07 Å². The SMILES string of the molecule is CCCC(COC)Nc1ccnc(C#N)c1. The molecule has 1 atom stereocenters. The van der Waals surface area contributed by atoms with Crippen molar-refractivity contribution in [3.63, 3.8) is 0 Å². The monoisotopic (exact) mass is 219 g/mol. The Hall–Kier alpha value is -1.60. The summed E-state index contributed by atoms with van der Waals surface area (Å²) < 4.78 is 5.14. The maximum atomic E-state index is 8.74. The van der Waals surface area contributed by atoms with Crippen molar-refractivity contribution in [1.29, 1.82) is 5.26 Å². The quantitative estimate of drug-likeness (QED) is 0.796. The highest BCUT2D eigenvalue weighted by Gasteiger charge is 2.07. The Labute approximate surface area is 96.3 Å². The molecule has 4 heteroatoms. The van der Waals surface area contributed by atoms with Crippen molar-refractivity contribution in [2.24, 2.45) is 0 Å². The number of hydrogen-bond donors (Lipinski definition) is 1. The molecule has 0 fully saturated rings. The van der Waals surface area contributed by atoms with Gasteiger partial charge in [-0.3, -0.25) is 0 Å². The fraction of sp³-hybridized carbons (Fsp3) is 0.500. The smallest absolute Gasteiger partial charge is 0.142 e. The van der Waals surface area contributed by atoms with Crippen molar-refractivity contribution < 1.29 is 4.74 Å². The molecular formula is C12H17N3O. The molecule has 1 unspecified atom stereocenters. The number of aromatic nitrogens is 1. The normalized spacial score (nSPS) is 11.8. The molecule has 16 heavy (non-hydrogen) atoms. The predicted octanol–water partition coefficient (Wildman–Crippen LogP) is 2.18. The van der Waals surface area contributed by atoms with Gasteiger partial charge in [0.1, 0.15) is 11.8 Å². The third-order valence-corrected chi connectivity index (χ3v) is 2.25. The lowest BCUT2D eigenvalue weighted by Crippen LogP contribution is -2.24. The standard InChI is InChI=1S/C12H17N3O/c1-3-4-11(9-16-2)15-10-5-6-14-12(7-10)8-13/h5-7,11H,3-4,9H2,1-2H3,(H,14,15). The van der Waals surface area contributed by atoms with Gasteiger partial charge < -0.3 is 10.1 Å². The first kappa shape index (κ1) is 12.5. The molecule has 0 aliphatic rings. The molecule has 86 valence electrons. The number of anilines is 1. The average molecular weight is 219 g/mol. The zero-order chi connectivity index (χ0) is 11.8. The minimum atomic E-state index is 0.281.